The molecule has 1 atom stereocenters. The Hall–Kier alpha value is -1.85. The number of hydrogen-bond donors (Lipinski definition) is 0. The van der Waals surface area contributed by atoms with Crippen molar-refractivity contribution in [2.75, 3.05) is 18.8 Å². The van der Waals surface area contributed by atoms with Gasteiger partial charge < -0.3 is 9.64 Å². The van der Waals surface area contributed by atoms with E-state index < -0.39 is 0 Å². The molecule has 1 unspecified atom stereocenters. The van der Waals surface area contributed by atoms with Crippen LogP contribution >= 0.6 is 11.8 Å². The van der Waals surface area contributed by atoms with Crippen LogP contribution in [-0.4, -0.2) is 45.5 Å². The Labute approximate surface area is 152 Å². The molecule has 1 aromatic heterocycles. The maximum absolute atomic E-state index is 12.6. The number of amides is 1. The summed E-state index contributed by atoms with van der Waals surface area (Å²) in [6.45, 7) is 4.34. The highest BCUT2D eigenvalue weighted by Gasteiger charge is 2.50. The van der Waals surface area contributed by atoms with E-state index >= 15 is 0 Å². The maximum Gasteiger partial charge on any atom is 0.253 e. The lowest BCUT2D eigenvalue weighted by molar-refractivity contribution is 0.0255. The van der Waals surface area contributed by atoms with Crippen molar-refractivity contribution in [1.29, 1.82) is 0 Å². The summed E-state index contributed by atoms with van der Waals surface area (Å²) in [4.78, 5) is 18.5. The smallest absolute Gasteiger partial charge is 0.253 e. The summed E-state index contributed by atoms with van der Waals surface area (Å²) in [5.74, 6) is 1.16. The average Bonchev–Trinajstić information content (AvgIpc) is 3.04. The molecule has 0 radical (unpaired) electrons. The van der Waals surface area contributed by atoms with Crippen molar-refractivity contribution in [2.45, 2.75) is 30.8 Å². The van der Waals surface area contributed by atoms with E-state index in [0.717, 1.165) is 36.4 Å². The van der Waals surface area contributed by atoms with Gasteiger partial charge in [0.25, 0.3) is 5.91 Å². The third kappa shape index (κ3) is 3.58. The fraction of sp³-hybridized carbons (Fsp3) is 0.400. The summed E-state index contributed by atoms with van der Waals surface area (Å²) < 4.78 is 6.26. The largest absolute Gasteiger partial charge is 0.373 e. The van der Waals surface area contributed by atoms with Crippen molar-refractivity contribution in [3.63, 3.8) is 0 Å². The van der Waals surface area contributed by atoms with Gasteiger partial charge in [-0.25, -0.2) is 0 Å². The van der Waals surface area contributed by atoms with Gasteiger partial charge in [0.15, 0.2) is 0 Å². The first kappa shape index (κ1) is 16.6. The van der Waals surface area contributed by atoms with Crippen LogP contribution in [0, 0.1) is 6.92 Å². The van der Waals surface area contributed by atoms with Gasteiger partial charge in [-0.15, -0.1) is 11.8 Å². The van der Waals surface area contributed by atoms with E-state index in [2.05, 4.69) is 4.98 Å². The number of carbonyl (C=O) groups is 1. The van der Waals surface area contributed by atoms with Crippen LogP contribution < -0.4 is 0 Å². The van der Waals surface area contributed by atoms with E-state index in [0.29, 0.717) is 6.61 Å². The van der Waals surface area contributed by atoms with Crippen LogP contribution in [0.4, 0.5) is 0 Å². The second-order valence-electron chi connectivity index (χ2n) is 7.01. The molecule has 1 spiro atoms. The number of carbonyl (C=O) groups excluding carboxylic acids is 1. The van der Waals surface area contributed by atoms with Gasteiger partial charge in [0.2, 0.25) is 0 Å². The van der Waals surface area contributed by atoms with Crippen LogP contribution in [0.15, 0.2) is 48.8 Å². The fourth-order valence-electron chi connectivity index (χ4n) is 3.49. The monoisotopic (exact) mass is 354 g/mol. The molecule has 25 heavy (non-hydrogen) atoms. The van der Waals surface area contributed by atoms with E-state index in [-0.39, 0.29) is 16.8 Å². The Balaban J connectivity index is 1.28. The molecule has 130 valence electrons. The Kier molecular flexibility index (Phi) is 4.52. The fourth-order valence-corrected chi connectivity index (χ4v) is 5.05. The number of pyridine rings is 1. The molecule has 4 rings (SSSR count). The van der Waals surface area contributed by atoms with E-state index in [1.165, 1.54) is 5.56 Å². The molecule has 2 aromatic rings. The SMILES string of the molecule is Cc1ccc(C(=O)N2CC3(CC(OCc4ccncc4)CS3)C2)cc1. The summed E-state index contributed by atoms with van der Waals surface area (Å²) in [6, 6.07) is 11.8. The molecule has 2 saturated heterocycles. The van der Waals surface area contributed by atoms with Crippen molar-refractivity contribution in [2.24, 2.45) is 0 Å². The number of thioether (sulfide) groups is 1. The van der Waals surface area contributed by atoms with Gasteiger partial charge in [0.05, 0.1) is 17.5 Å². The van der Waals surface area contributed by atoms with Crippen LogP contribution in [0.25, 0.3) is 0 Å². The molecule has 0 bridgehead atoms. The maximum atomic E-state index is 12.6. The van der Waals surface area contributed by atoms with Crippen molar-refractivity contribution in [3.8, 4) is 0 Å². The van der Waals surface area contributed by atoms with Gasteiger partial charge in [0.1, 0.15) is 0 Å². The lowest BCUT2D eigenvalue weighted by atomic mass is 9.92. The Bertz CT molecular complexity index is 742. The van der Waals surface area contributed by atoms with Gasteiger partial charge in [-0.05, 0) is 43.2 Å². The second kappa shape index (κ2) is 6.81. The van der Waals surface area contributed by atoms with Crippen LogP contribution in [0.1, 0.15) is 27.9 Å². The summed E-state index contributed by atoms with van der Waals surface area (Å²) >= 11 is 1.96. The van der Waals surface area contributed by atoms with Gasteiger partial charge in [0, 0.05) is 36.8 Å². The normalized spacial score (nSPS) is 21.3. The highest BCUT2D eigenvalue weighted by molar-refractivity contribution is 8.01. The van der Waals surface area contributed by atoms with Crippen LogP contribution in [0.5, 0.6) is 0 Å². The minimum absolute atomic E-state index is 0.146. The zero-order chi connectivity index (χ0) is 17.3. The first-order chi connectivity index (χ1) is 12.1. The molecule has 0 aliphatic carbocycles. The van der Waals surface area contributed by atoms with E-state index in [4.69, 9.17) is 4.74 Å². The minimum atomic E-state index is 0.146. The summed E-state index contributed by atoms with van der Waals surface area (Å²) in [5.41, 5.74) is 3.12. The van der Waals surface area contributed by atoms with Crippen molar-refractivity contribution in [3.05, 3.63) is 65.5 Å². The molecule has 2 fully saturated rings. The van der Waals surface area contributed by atoms with Gasteiger partial charge in [-0.2, -0.15) is 0 Å². The van der Waals surface area contributed by atoms with Crippen molar-refractivity contribution in [1.82, 2.24) is 9.88 Å². The van der Waals surface area contributed by atoms with Gasteiger partial charge in [-0.3, -0.25) is 9.78 Å². The number of aryl methyl sites for hydroxylation is 1. The highest BCUT2D eigenvalue weighted by atomic mass is 32.2. The Morgan fingerprint density at radius 3 is 2.68 bits per heavy atom. The highest BCUT2D eigenvalue weighted by Crippen LogP contribution is 2.46. The first-order valence-electron chi connectivity index (χ1n) is 8.64. The first-order valence-corrected chi connectivity index (χ1v) is 9.63. The van der Waals surface area contributed by atoms with Crippen LogP contribution in [0.2, 0.25) is 0 Å². The third-order valence-corrected chi connectivity index (χ3v) is 6.53. The van der Waals surface area contributed by atoms with Crippen LogP contribution in [0.3, 0.4) is 0 Å². The number of hydrogen-bond acceptors (Lipinski definition) is 4. The quantitative estimate of drug-likeness (QED) is 0.845. The topological polar surface area (TPSA) is 42.4 Å². The second-order valence-corrected chi connectivity index (χ2v) is 8.50. The third-order valence-electron chi connectivity index (χ3n) is 4.95. The van der Waals surface area contributed by atoms with Gasteiger partial charge >= 0.3 is 0 Å². The predicted molar refractivity (Wildman–Crippen MR) is 99.7 cm³/mol. The zero-order valence-electron chi connectivity index (χ0n) is 14.4. The summed E-state index contributed by atoms with van der Waals surface area (Å²) in [5, 5.41) is 0. The Morgan fingerprint density at radius 2 is 1.96 bits per heavy atom. The molecule has 5 heteroatoms. The molecule has 2 aliphatic rings. The summed E-state index contributed by atoms with van der Waals surface area (Å²) in [7, 11) is 0. The van der Waals surface area contributed by atoms with Crippen LogP contribution in [-0.2, 0) is 11.3 Å². The summed E-state index contributed by atoms with van der Waals surface area (Å²) in [6.07, 6.45) is 4.89. The predicted octanol–water partition coefficient (Wildman–Crippen LogP) is 3.31. The molecular formula is C20H22N2O2S. The van der Waals surface area contributed by atoms with Crippen molar-refractivity contribution >= 4 is 17.7 Å². The standard InChI is InChI=1S/C20H22N2O2S/c1-15-2-4-17(5-3-15)19(23)22-13-20(14-22)10-18(12-25-20)24-11-16-6-8-21-9-7-16/h2-9,18H,10-14H2,1H3. The average molecular weight is 354 g/mol. The van der Waals surface area contributed by atoms with Crippen molar-refractivity contribution < 1.29 is 9.53 Å². The molecule has 4 nitrogen and oxygen atoms in total. The number of aromatic nitrogens is 1. The molecular weight excluding hydrogens is 332 g/mol. The van der Waals surface area contributed by atoms with E-state index in [1.807, 2.05) is 60.0 Å². The molecule has 0 saturated carbocycles. The number of rotatable bonds is 4. The molecule has 0 N–H and O–H groups in total. The number of ether oxygens (including phenoxy) is 1. The number of likely N-dealkylation sites (tertiary alicyclic amines) is 1. The Morgan fingerprint density at radius 1 is 1.24 bits per heavy atom. The number of benzene rings is 1. The molecule has 1 amide bonds. The van der Waals surface area contributed by atoms with Gasteiger partial charge in [-0.1, -0.05) is 17.7 Å². The number of nitrogens with zero attached hydrogens (tertiary/aromatic N) is 2. The molecule has 2 aliphatic heterocycles. The zero-order valence-corrected chi connectivity index (χ0v) is 15.2. The minimum Gasteiger partial charge on any atom is -0.373 e. The van der Waals surface area contributed by atoms with E-state index in [9.17, 15) is 4.79 Å². The van der Waals surface area contributed by atoms with E-state index in [1.54, 1.807) is 12.4 Å². The lowest BCUT2D eigenvalue weighted by Crippen LogP contribution is -2.60. The molecule has 3 heterocycles. The lowest BCUT2D eigenvalue weighted by Gasteiger charge is -2.47. The molecule has 1 aromatic carbocycles.